The summed E-state index contributed by atoms with van der Waals surface area (Å²) in [5, 5.41) is 13.6. The lowest BCUT2D eigenvalue weighted by Crippen LogP contribution is -2.48. The van der Waals surface area contributed by atoms with Crippen molar-refractivity contribution in [2.24, 2.45) is 5.92 Å². The SMILES string of the molecule is O=C(CCCc1ccc(Cl)cc1)NC(Cc1ccccc1)C1CC(O)C1. The molecule has 0 heterocycles. The van der Waals surface area contributed by atoms with Crippen LogP contribution in [0.5, 0.6) is 0 Å². The number of hydrogen-bond acceptors (Lipinski definition) is 2. The Bertz CT molecular complexity index is 696. The Morgan fingerprint density at radius 2 is 1.77 bits per heavy atom. The summed E-state index contributed by atoms with van der Waals surface area (Å²) >= 11 is 5.90. The highest BCUT2D eigenvalue weighted by Gasteiger charge is 2.34. The van der Waals surface area contributed by atoms with Crippen LogP contribution >= 0.6 is 11.6 Å². The first-order valence-electron chi connectivity index (χ1n) is 9.36. The molecule has 2 aromatic rings. The van der Waals surface area contributed by atoms with Gasteiger partial charge in [-0.1, -0.05) is 54.1 Å². The third-order valence-corrected chi connectivity index (χ3v) is 5.40. The van der Waals surface area contributed by atoms with Crippen LogP contribution in [0, 0.1) is 5.92 Å². The highest BCUT2D eigenvalue weighted by Crippen LogP contribution is 2.31. The molecule has 1 aliphatic carbocycles. The molecular formula is C22H26ClNO2. The molecule has 3 nitrogen and oxygen atoms in total. The second kappa shape index (κ2) is 9.20. The highest BCUT2D eigenvalue weighted by atomic mass is 35.5. The van der Waals surface area contributed by atoms with Gasteiger partial charge in [0.1, 0.15) is 0 Å². The number of carbonyl (C=O) groups is 1. The van der Waals surface area contributed by atoms with Gasteiger partial charge in [-0.25, -0.2) is 0 Å². The van der Waals surface area contributed by atoms with Crippen LogP contribution in [0.15, 0.2) is 54.6 Å². The summed E-state index contributed by atoms with van der Waals surface area (Å²) in [6, 6.07) is 18.1. The van der Waals surface area contributed by atoms with E-state index in [1.54, 1.807) is 0 Å². The number of aryl methyl sites for hydroxylation is 1. The highest BCUT2D eigenvalue weighted by molar-refractivity contribution is 6.30. The fourth-order valence-electron chi connectivity index (χ4n) is 3.55. The molecule has 2 N–H and O–H groups in total. The maximum atomic E-state index is 12.4. The molecule has 138 valence electrons. The van der Waals surface area contributed by atoms with E-state index in [4.69, 9.17) is 11.6 Å². The summed E-state index contributed by atoms with van der Waals surface area (Å²) in [7, 11) is 0. The molecule has 1 saturated carbocycles. The number of halogens is 1. The van der Waals surface area contributed by atoms with E-state index >= 15 is 0 Å². The average molecular weight is 372 g/mol. The zero-order valence-electron chi connectivity index (χ0n) is 14.9. The minimum atomic E-state index is -0.208. The minimum absolute atomic E-state index is 0.0984. The molecule has 0 spiro atoms. The van der Waals surface area contributed by atoms with Gasteiger partial charge in [0, 0.05) is 17.5 Å². The number of aliphatic hydroxyl groups is 1. The summed E-state index contributed by atoms with van der Waals surface area (Å²) in [6.07, 6.45) is 4.38. The first-order chi connectivity index (χ1) is 12.6. The maximum absolute atomic E-state index is 12.4. The van der Waals surface area contributed by atoms with Crippen LogP contribution in [0.25, 0.3) is 0 Å². The van der Waals surface area contributed by atoms with Crippen molar-refractivity contribution in [1.29, 1.82) is 0 Å². The minimum Gasteiger partial charge on any atom is -0.393 e. The molecule has 0 aromatic heterocycles. The first-order valence-corrected chi connectivity index (χ1v) is 9.74. The number of rotatable bonds is 8. The molecule has 0 radical (unpaired) electrons. The van der Waals surface area contributed by atoms with Crippen LogP contribution in [-0.4, -0.2) is 23.2 Å². The van der Waals surface area contributed by atoms with E-state index in [0.29, 0.717) is 12.3 Å². The van der Waals surface area contributed by atoms with Crippen LogP contribution in [0.1, 0.15) is 36.8 Å². The van der Waals surface area contributed by atoms with Crippen molar-refractivity contribution in [3.05, 3.63) is 70.7 Å². The summed E-state index contributed by atoms with van der Waals surface area (Å²) in [5.74, 6) is 0.465. The predicted molar refractivity (Wildman–Crippen MR) is 105 cm³/mol. The maximum Gasteiger partial charge on any atom is 0.220 e. The standard InChI is InChI=1S/C22H26ClNO2/c23-19-11-9-16(10-12-19)7-4-8-22(26)24-21(18-14-20(25)15-18)13-17-5-2-1-3-6-17/h1-3,5-6,9-12,18,20-21,25H,4,7-8,13-15H2,(H,24,26). The number of benzene rings is 2. The Labute approximate surface area is 160 Å². The van der Waals surface area contributed by atoms with Crippen LogP contribution in [0.3, 0.4) is 0 Å². The largest absolute Gasteiger partial charge is 0.393 e. The summed E-state index contributed by atoms with van der Waals surface area (Å²) in [5.41, 5.74) is 2.42. The van der Waals surface area contributed by atoms with Crippen molar-refractivity contribution in [2.75, 3.05) is 0 Å². The molecule has 1 fully saturated rings. The van der Waals surface area contributed by atoms with Crippen molar-refractivity contribution >= 4 is 17.5 Å². The fraction of sp³-hybridized carbons (Fsp3) is 0.409. The van der Waals surface area contributed by atoms with Crippen molar-refractivity contribution in [3.63, 3.8) is 0 Å². The lowest BCUT2D eigenvalue weighted by Gasteiger charge is -2.38. The predicted octanol–water partition coefficient (Wildman–Crippen LogP) is 4.16. The van der Waals surface area contributed by atoms with Gasteiger partial charge in [-0.3, -0.25) is 4.79 Å². The molecule has 1 atom stereocenters. The normalized spacial score (nSPS) is 20.2. The zero-order valence-corrected chi connectivity index (χ0v) is 15.7. The van der Waals surface area contributed by atoms with Crippen LogP contribution in [0.2, 0.25) is 5.02 Å². The van der Waals surface area contributed by atoms with E-state index < -0.39 is 0 Å². The number of nitrogens with one attached hydrogen (secondary N) is 1. The molecular weight excluding hydrogens is 346 g/mol. The summed E-state index contributed by atoms with van der Waals surface area (Å²) in [6.45, 7) is 0. The van der Waals surface area contributed by atoms with Gasteiger partial charge in [0.25, 0.3) is 0 Å². The van der Waals surface area contributed by atoms with Gasteiger partial charge in [0.2, 0.25) is 5.91 Å². The van der Waals surface area contributed by atoms with Crippen LogP contribution in [-0.2, 0) is 17.6 Å². The molecule has 1 amide bonds. The molecule has 3 rings (SSSR count). The van der Waals surface area contributed by atoms with E-state index in [2.05, 4.69) is 17.4 Å². The quantitative estimate of drug-likeness (QED) is 0.732. The van der Waals surface area contributed by atoms with Crippen molar-refractivity contribution in [1.82, 2.24) is 5.32 Å². The van der Waals surface area contributed by atoms with Gasteiger partial charge >= 0.3 is 0 Å². The molecule has 4 heteroatoms. The van der Waals surface area contributed by atoms with E-state index in [1.807, 2.05) is 42.5 Å². The smallest absolute Gasteiger partial charge is 0.220 e. The van der Waals surface area contributed by atoms with Gasteiger partial charge in [-0.2, -0.15) is 0 Å². The molecule has 2 aromatic carbocycles. The second-order valence-electron chi connectivity index (χ2n) is 7.23. The third-order valence-electron chi connectivity index (χ3n) is 5.15. The van der Waals surface area contributed by atoms with Crippen LogP contribution in [0.4, 0.5) is 0 Å². The molecule has 0 bridgehead atoms. The lowest BCUT2D eigenvalue weighted by atomic mass is 9.75. The third kappa shape index (κ3) is 5.58. The van der Waals surface area contributed by atoms with Crippen LogP contribution < -0.4 is 5.32 Å². The number of hydrogen-bond donors (Lipinski definition) is 2. The van der Waals surface area contributed by atoms with E-state index in [0.717, 1.165) is 37.1 Å². The second-order valence-corrected chi connectivity index (χ2v) is 7.67. The van der Waals surface area contributed by atoms with Gasteiger partial charge in [-0.05, 0) is 61.3 Å². The lowest BCUT2D eigenvalue weighted by molar-refractivity contribution is -0.123. The Hall–Kier alpha value is -1.84. The summed E-state index contributed by atoms with van der Waals surface area (Å²) < 4.78 is 0. The van der Waals surface area contributed by atoms with E-state index in [9.17, 15) is 9.90 Å². The topological polar surface area (TPSA) is 49.3 Å². The van der Waals surface area contributed by atoms with E-state index in [-0.39, 0.29) is 18.1 Å². The van der Waals surface area contributed by atoms with Gasteiger partial charge in [-0.15, -0.1) is 0 Å². The fourth-order valence-corrected chi connectivity index (χ4v) is 3.67. The van der Waals surface area contributed by atoms with Crippen molar-refractivity contribution < 1.29 is 9.90 Å². The number of carbonyl (C=O) groups excluding carboxylic acids is 1. The summed E-state index contributed by atoms with van der Waals surface area (Å²) in [4.78, 5) is 12.4. The van der Waals surface area contributed by atoms with Gasteiger partial charge in [0.15, 0.2) is 0 Å². The molecule has 0 aliphatic heterocycles. The number of amides is 1. The average Bonchev–Trinajstić information content (AvgIpc) is 2.61. The Morgan fingerprint density at radius 3 is 2.42 bits per heavy atom. The molecule has 26 heavy (non-hydrogen) atoms. The van der Waals surface area contributed by atoms with Gasteiger partial charge in [0.05, 0.1) is 6.10 Å². The zero-order chi connectivity index (χ0) is 18.4. The van der Waals surface area contributed by atoms with E-state index in [1.165, 1.54) is 11.1 Å². The monoisotopic (exact) mass is 371 g/mol. The number of aliphatic hydroxyl groups excluding tert-OH is 1. The van der Waals surface area contributed by atoms with Crippen molar-refractivity contribution in [2.45, 2.75) is 50.7 Å². The van der Waals surface area contributed by atoms with Gasteiger partial charge < -0.3 is 10.4 Å². The molecule has 1 aliphatic rings. The van der Waals surface area contributed by atoms with Crippen molar-refractivity contribution in [3.8, 4) is 0 Å². The Morgan fingerprint density at radius 1 is 1.08 bits per heavy atom. The molecule has 0 saturated heterocycles. The first kappa shape index (κ1) is 18.9. The Kier molecular flexibility index (Phi) is 6.70. The molecule has 1 unspecified atom stereocenters. The Balaban J connectivity index is 1.49.